The number of halogens is 3. The topological polar surface area (TPSA) is 31.4 Å². The Kier molecular flexibility index (Phi) is 5.01. The number of hydrogen-bond acceptors (Lipinski definition) is 5. The molecule has 0 unspecified atom stereocenters. The van der Waals surface area contributed by atoms with Crippen LogP contribution in [0.5, 0.6) is 0 Å². The van der Waals surface area contributed by atoms with Crippen molar-refractivity contribution in [2.45, 2.75) is 35.3 Å². The van der Waals surface area contributed by atoms with Crippen molar-refractivity contribution in [1.29, 1.82) is 0 Å². The third-order valence-electron chi connectivity index (χ3n) is 6.24. The number of benzene rings is 2. The number of alkyl halides is 3. The van der Waals surface area contributed by atoms with Crippen molar-refractivity contribution < 1.29 is 13.2 Å². The Hall–Kier alpha value is -2.45. The van der Waals surface area contributed by atoms with E-state index in [1.165, 1.54) is 5.56 Å². The summed E-state index contributed by atoms with van der Waals surface area (Å²) in [4.78, 5) is 9.52. The van der Waals surface area contributed by atoms with Crippen LogP contribution >= 0.6 is 11.8 Å². The molecule has 0 amide bonds. The maximum Gasteiger partial charge on any atom is 0.446 e. The number of nitrogens with zero attached hydrogens (tertiary/aromatic N) is 3. The monoisotopic (exact) mass is 444 g/mol. The molecule has 1 saturated carbocycles. The molecule has 1 spiro atoms. The SMILES string of the molecule is CNc1ccc2c(CN3CN(c4ccc(SC(F)(F)F)cc4)CC34CC4)ccnc2c1. The minimum atomic E-state index is -4.26. The molecule has 1 saturated heterocycles. The highest BCUT2D eigenvalue weighted by Crippen LogP contribution is 2.48. The van der Waals surface area contributed by atoms with Crippen LogP contribution in [0.25, 0.3) is 10.9 Å². The Balaban J connectivity index is 1.35. The maximum absolute atomic E-state index is 12.6. The van der Waals surface area contributed by atoms with Crippen LogP contribution in [0, 0.1) is 0 Å². The van der Waals surface area contributed by atoms with Gasteiger partial charge in [0.15, 0.2) is 0 Å². The zero-order valence-electron chi connectivity index (χ0n) is 17.1. The Morgan fingerprint density at radius 3 is 2.55 bits per heavy atom. The summed E-state index contributed by atoms with van der Waals surface area (Å²) in [6.45, 7) is 2.51. The zero-order chi connectivity index (χ0) is 21.6. The molecule has 4 nitrogen and oxygen atoms in total. The summed E-state index contributed by atoms with van der Waals surface area (Å²) in [6.07, 6.45) is 4.17. The van der Waals surface area contributed by atoms with Crippen LogP contribution in [0.1, 0.15) is 18.4 Å². The van der Waals surface area contributed by atoms with Gasteiger partial charge < -0.3 is 10.2 Å². The average Bonchev–Trinajstić information content (AvgIpc) is 3.43. The van der Waals surface area contributed by atoms with E-state index in [0.717, 1.165) is 54.9 Å². The van der Waals surface area contributed by atoms with Gasteiger partial charge in [-0.2, -0.15) is 13.2 Å². The van der Waals surface area contributed by atoms with Gasteiger partial charge in [-0.1, -0.05) is 6.07 Å². The van der Waals surface area contributed by atoms with E-state index in [4.69, 9.17) is 0 Å². The van der Waals surface area contributed by atoms with Gasteiger partial charge in [0.25, 0.3) is 0 Å². The molecule has 1 aromatic heterocycles. The van der Waals surface area contributed by atoms with E-state index in [2.05, 4.69) is 44.4 Å². The van der Waals surface area contributed by atoms with Crippen molar-refractivity contribution in [3.05, 3.63) is 60.3 Å². The predicted octanol–water partition coefficient (Wildman–Crippen LogP) is 5.70. The third kappa shape index (κ3) is 4.19. The number of pyridine rings is 1. The highest BCUT2D eigenvalue weighted by Gasteiger charge is 2.53. The largest absolute Gasteiger partial charge is 0.446 e. The second-order valence-electron chi connectivity index (χ2n) is 8.26. The van der Waals surface area contributed by atoms with Gasteiger partial charge in [-0.3, -0.25) is 9.88 Å². The standard InChI is InChI=1S/C23H23F3N4S/c1-27-17-2-7-20-16(8-11-28-21(20)12-17)13-30-15-29(14-22(30)9-10-22)18-3-5-19(6-4-18)31-23(24,25)26/h2-8,11-12,27H,9-10,13-15H2,1H3. The molecule has 2 fully saturated rings. The molecule has 2 aromatic carbocycles. The summed E-state index contributed by atoms with van der Waals surface area (Å²) in [5, 5.41) is 4.31. The fourth-order valence-corrected chi connectivity index (χ4v) is 4.97. The van der Waals surface area contributed by atoms with E-state index < -0.39 is 5.51 Å². The van der Waals surface area contributed by atoms with Gasteiger partial charge in [-0.05, 0) is 72.6 Å². The molecule has 1 aliphatic heterocycles. The molecule has 3 aromatic rings. The first-order valence-corrected chi connectivity index (χ1v) is 11.1. The second kappa shape index (κ2) is 7.60. The fraction of sp³-hybridized carbons (Fsp3) is 0.348. The van der Waals surface area contributed by atoms with Crippen LogP contribution < -0.4 is 10.2 Å². The van der Waals surface area contributed by atoms with Crippen molar-refractivity contribution in [3.63, 3.8) is 0 Å². The van der Waals surface area contributed by atoms with Crippen LogP contribution in [-0.2, 0) is 6.54 Å². The Bertz CT molecular complexity index is 1100. The van der Waals surface area contributed by atoms with Crippen LogP contribution in [-0.4, -0.2) is 41.2 Å². The van der Waals surface area contributed by atoms with Crippen molar-refractivity contribution in [2.75, 3.05) is 30.5 Å². The van der Waals surface area contributed by atoms with Gasteiger partial charge in [0, 0.05) is 53.5 Å². The lowest BCUT2D eigenvalue weighted by Gasteiger charge is -2.23. The molecule has 2 heterocycles. The van der Waals surface area contributed by atoms with Gasteiger partial charge >= 0.3 is 5.51 Å². The summed E-state index contributed by atoms with van der Waals surface area (Å²) in [5.41, 5.74) is 0.139. The number of anilines is 2. The molecule has 0 atom stereocenters. The van der Waals surface area contributed by atoms with Crippen LogP contribution in [0.15, 0.2) is 59.6 Å². The predicted molar refractivity (Wildman–Crippen MR) is 119 cm³/mol. The number of thioether (sulfide) groups is 1. The van der Waals surface area contributed by atoms with Gasteiger partial charge in [-0.25, -0.2) is 0 Å². The van der Waals surface area contributed by atoms with Crippen molar-refractivity contribution >= 4 is 34.0 Å². The second-order valence-corrected chi connectivity index (χ2v) is 9.39. The number of hydrogen-bond donors (Lipinski definition) is 1. The Labute approximate surface area is 183 Å². The lowest BCUT2D eigenvalue weighted by molar-refractivity contribution is -0.0328. The molecule has 1 aliphatic carbocycles. The normalized spacial score (nSPS) is 18.1. The first-order valence-electron chi connectivity index (χ1n) is 10.3. The number of fused-ring (bicyclic) bond motifs is 1. The number of rotatable bonds is 5. The van der Waals surface area contributed by atoms with Gasteiger partial charge in [0.2, 0.25) is 0 Å². The smallest absolute Gasteiger partial charge is 0.388 e. The van der Waals surface area contributed by atoms with Gasteiger partial charge in [-0.15, -0.1) is 0 Å². The Morgan fingerprint density at radius 1 is 1.10 bits per heavy atom. The highest BCUT2D eigenvalue weighted by molar-refractivity contribution is 8.00. The van der Waals surface area contributed by atoms with Crippen LogP contribution in [0.2, 0.25) is 0 Å². The number of nitrogens with one attached hydrogen (secondary N) is 1. The molecule has 0 radical (unpaired) electrons. The summed E-state index contributed by atoms with van der Waals surface area (Å²) in [5.74, 6) is 0. The summed E-state index contributed by atoms with van der Waals surface area (Å²) in [6, 6.07) is 15.1. The van der Waals surface area contributed by atoms with E-state index in [9.17, 15) is 13.2 Å². The van der Waals surface area contributed by atoms with E-state index >= 15 is 0 Å². The average molecular weight is 445 g/mol. The minimum Gasteiger partial charge on any atom is -0.388 e. The van der Waals surface area contributed by atoms with Gasteiger partial charge in [0.05, 0.1) is 12.2 Å². The fourth-order valence-electron chi connectivity index (χ4n) is 4.44. The number of aromatic nitrogens is 1. The maximum atomic E-state index is 12.6. The third-order valence-corrected chi connectivity index (χ3v) is 6.98. The summed E-state index contributed by atoms with van der Waals surface area (Å²) < 4.78 is 37.8. The van der Waals surface area contributed by atoms with E-state index in [1.807, 2.05) is 13.2 Å². The molecule has 8 heteroatoms. The molecule has 31 heavy (non-hydrogen) atoms. The lowest BCUT2D eigenvalue weighted by Crippen LogP contribution is -2.32. The molecule has 1 N–H and O–H groups in total. The van der Waals surface area contributed by atoms with Crippen LogP contribution in [0.4, 0.5) is 24.5 Å². The zero-order valence-corrected chi connectivity index (χ0v) is 17.9. The first kappa shape index (κ1) is 20.5. The van der Waals surface area contributed by atoms with Crippen molar-refractivity contribution in [3.8, 4) is 0 Å². The van der Waals surface area contributed by atoms with E-state index in [-0.39, 0.29) is 22.2 Å². The van der Waals surface area contributed by atoms with Gasteiger partial charge in [0.1, 0.15) is 0 Å². The van der Waals surface area contributed by atoms with Crippen LogP contribution in [0.3, 0.4) is 0 Å². The highest BCUT2D eigenvalue weighted by atomic mass is 32.2. The quantitative estimate of drug-likeness (QED) is 0.510. The molecule has 2 aliphatic rings. The lowest BCUT2D eigenvalue weighted by atomic mass is 10.1. The molecular formula is C23H23F3N4S. The minimum absolute atomic E-state index is 0.0692. The molecule has 162 valence electrons. The Morgan fingerprint density at radius 2 is 1.87 bits per heavy atom. The van der Waals surface area contributed by atoms with E-state index in [1.54, 1.807) is 24.3 Å². The first-order chi connectivity index (χ1) is 14.9. The summed E-state index contributed by atoms with van der Waals surface area (Å²) >= 11 is -0.0692. The molecule has 0 bridgehead atoms. The van der Waals surface area contributed by atoms with Crippen molar-refractivity contribution in [2.24, 2.45) is 0 Å². The van der Waals surface area contributed by atoms with E-state index in [0.29, 0.717) is 0 Å². The summed E-state index contributed by atoms with van der Waals surface area (Å²) in [7, 11) is 1.90. The molecule has 5 rings (SSSR count). The molecular weight excluding hydrogens is 421 g/mol. The van der Waals surface area contributed by atoms with Crippen molar-refractivity contribution in [1.82, 2.24) is 9.88 Å².